The summed E-state index contributed by atoms with van der Waals surface area (Å²) in [4.78, 5) is 14.6. The first-order valence-corrected chi connectivity index (χ1v) is 10.8. The second kappa shape index (κ2) is 9.67. The molecule has 0 aromatic heterocycles. The second-order valence-electron chi connectivity index (χ2n) is 6.57. The largest absolute Gasteiger partial charge is 0.339 e. The maximum atomic E-state index is 12.6. The zero-order chi connectivity index (χ0) is 19.9. The van der Waals surface area contributed by atoms with E-state index in [9.17, 15) is 13.2 Å². The van der Waals surface area contributed by atoms with Gasteiger partial charge in [-0.25, -0.2) is 13.1 Å². The van der Waals surface area contributed by atoms with Gasteiger partial charge >= 0.3 is 0 Å². The summed E-state index contributed by atoms with van der Waals surface area (Å²) in [5.41, 5.74) is 1.40. The Labute approximate surface area is 162 Å². The van der Waals surface area contributed by atoms with Gasteiger partial charge in [0.15, 0.2) is 0 Å². The number of benzene rings is 2. The van der Waals surface area contributed by atoms with E-state index in [1.54, 1.807) is 24.0 Å². The van der Waals surface area contributed by atoms with Crippen LogP contribution in [0.1, 0.15) is 55.6 Å². The van der Waals surface area contributed by atoms with E-state index in [1.807, 2.05) is 44.2 Å². The topological polar surface area (TPSA) is 66.5 Å². The van der Waals surface area contributed by atoms with Crippen LogP contribution in [0.4, 0.5) is 0 Å². The maximum Gasteiger partial charge on any atom is 0.253 e. The average molecular weight is 389 g/mol. The summed E-state index contributed by atoms with van der Waals surface area (Å²) in [5, 5.41) is 0. The molecule has 27 heavy (non-hydrogen) atoms. The number of sulfonamides is 1. The lowest BCUT2D eigenvalue weighted by molar-refractivity contribution is 0.0755. The molecule has 6 heteroatoms. The highest BCUT2D eigenvalue weighted by molar-refractivity contribution is 7.89. The van der Waals surface area contributed by atoms with Crippen LogP contribution in [-0.4, -0.2) is 32.3 Å². The molecular weight excluding hydrogens is 360 g/mol. The van der Waals surface area contributed by atoms with Crippen molar-refractivity contribution in [1.82, 2.24) is 9.62 Å². The van der Waals surface area contributed by atoms with Crippen molar-refractivity contribution in [3.05, 3.63) is 65.7 Å². The van der Waals surface area contributed by atoms with Crippen molar-refractivity contribution in [3.8, 4) is 0 Å². The molecule has 0 saturated heterocycles. The molecule has 5 nitrogen and oxygen atoms in total. The number of carbonyl (C=O) groups excluding carboxylic acids is 1. The third-order valence-corrected chi connectivity index (χ3v) is 5.87. The van der Waals surface area contributed by atoms with E-state index in [2.05, 4.69) is 4.72 Å². The minimum absolute atomic E-state index is 0.0618. The lowest BCUT2D eigenvalue weighted by Crippen LogP contribution is -2.32. The number of hydrogen-bond donors (Lipinski definition) is 1. The minimum atomic E-state index is -3.67. The lowest BCUT2D eigenvalue weighted by atomic mass is 10.1. The molecule has 0 saturated carbocycles. The third kappa shape index (κ3) is 5.65. The first-order chi connectivity index (χ1) is 12.9. The monoisotopic (exact) mass is 388 g/mol. The van der Waals surface area contributed by atoms with Gasteiger partial charge in [0.25, 0.3) is 5.91 Å². The summed E-state index contributed by atoms with van der Waals surface area (Å²) in [5.74, 6) is -0.0618. The quantitative estimate of drug-likeness (QED) is 0.706. The van der Waals surface area contributed by atoms with Gasteiger partial charge in [-0.1, -0.05) is 44.2 Å². The fraction of sp³-hybridized carbons (Fsp3) is 0.381. The van der Waals surface area contributed by atoms with Crippen LogP contribution >= 0.6 is 0 Å². The SMILES string of the molecule is CCCN(CCC)C(=O)c1ccc(S(=O)(=O)NC(C)c2ccccc2)cc1. The van der Waals surface area contributed by atoms with Crippen LogP contribution < -0.4 is 4.72 Å². The molecule has 0 heterocycles. The van der Waals surface area contributed by atoms with Crippen molar-refractivity contribution in [2.24, 2.45) is 0 Å². The Bertz CT molecular complexity index is 827. The van der Waals surface area contributed by atoms with E-state index in [-0.39, 0.29) is 16.8 Å². The van der Waals surface area contributed by atoms with Gasteiger partial charge in [0.2, 0.25) is 10.0 Å². The van der Waals surface area contributed by atoms with Crippen LogP contribution in [0.25, 0.3) is 0 Å². The highest BCUT2D eigenvalue weighted by atomic mass is 32.2. The zero-order valence-electron chi connectivity index (χ0n) is 16.2. The molecule has 1 amide bonds. The summed E-state index contributed by atoms with van der Waals surface area (Å²) < 4.78 is 27.9. The van der Waals surface area contributed by atoms with Gasteiger partial charge in [-0.2, -0.15) is 0 Å². The summed E-state index contributed by atoms with van der Waals surface area (Å²) in [6.07, 6.45) is 1.78. The van der Waals surface area contributed by atoms with E-state index < -0.39 is 10.0 Å². The van der Waals surface area contributed by atoms with Crippen molar-refractivity contribution >= 4 is 15.9 Å². The van der Waals surface area contributed by atoms with Crippen molar-refractivity contribution in [2.75, 3.05) is 13.1 Å². The molecule has 0 fully saturated rings. The molecule has 0 spiro atoms. The summed E-state index contributed by atoms with van der Waals surface area (Å²) in [6.45, 7) is 7.26. The van der Waals surface area contributed by atoms with Gasteiger partial charge in [-0.15, -0.1) is 0 Å². The first kappa shape index (κ1) is 21.1. The van der Waals surface area contributed by atoms with Gasteiger partial charge in [0, 0.05) is 24.7 Å². The molecule has 2 rings (SSSR count). The fourth-order valence-corrected chi connectivity index (χ4v) is 4.16. The van der Waals surface area contributed by atoms with E-state index >= 15 is 0 Å². The fourth-order valence-electron chi connectivity index (χ4n) is 2.92. The Morgan fingerprint density at radius 2 is 1.52 bits per heavy atom. The van der Waals surface area contributed by atoms with Crippen molar-refractivity contribution < 1.29 is 13.2 Å². The number of nitrogens with zero attached hydrogens (tertiary/aromatic N) is 1. The minimum Gasteiger partial charge on any atom is -0.339 e. The third-order valence-electron chi connectivity index (χ3n) is 4.32. The molecule has 2 aromatic rings. The molecule has 1 atom stereocenters. The van der Waals surface area contributed by atoms with Gasteiger partial charge in [0.05, 0.1) is 4.90 Å². The number of carbonyl (C=O) groups is 1. The van der Waals surface area contributed by atoms with Crippen molar-refractivity contribution in [1.29, 1.82) is 0 Å². The molecule has 146 valence electrons. The van der Waals surface area contributed by atoms with Crippen LogP contribution in [0.5, 0.6) is 0 Å². The molecule has 1 unspecified atom stereocenters. The Morgan fingerprint density at radius 1 is 0.963 bits per heavy atom. The van der Waals surface area contributed by atoms with Crippen LogP contribution in [0.15, 0.2) is 59.5 Å². The number of rotatable bonds is 9. The van der Waals surface area contributed by atoms with Crippen molar-refractivity contribution in [2.45, 2.75) is 44.6 Å². The van der Waals surface area contributed by atoms with E-state index in [1.165, 1.54) is 12.1 Å². The Hall–Kier alpha value is -2.18. The standard InChI is InChI=1S/C21H28N2O3S/c1-4-15-23(16-5-2)21(24)19-11-13-20(14-12-19)27(25,26)22-17(3)18-9-7-6-8-10-18/h6-14,17,22H,4-5,15-16H2,1-3H3. The molecule has 0 aliphatic heterocycles. The second-order valence-corrected chi connectivity index (χ2v) is 8.28. The molecule has 0 radical (unpaired) electrons. The first-order valence-electron chi connectivity index (χ1n) is 9.35. The zero-order valence-corrected chi connectivity index (χ0v) is 17.0. The normalized spacial score (nSPS) is 12.6. The van der Waals surface area contributed by atoms with Crippen LogP contribution in [0.3, 0.4) is 0 Å². The highest BCUT2D eigenvalue weighted by Crippen LogP contribution is 2.18. The Balaban J connectivity index is 2.14. The Kier molecular flexibility index (Phi) is 7.56. The molecule has 0 aliphatic rings. The molecule has 0 bridgehead atoms. The molecule has 2 aromatic carbocycles. The van der Waals surface area contributed by atoms with Gasteiger partial charge in [-0.05, 0) is 49.6 Å². The van der Waals surface area contributed by atoms with Crippen LogP contribution in [0, 0.1) is 0 Å². The maximum absolute atomic E-state index is 12.6. The number of amides is 1. The summed E-state index contributed by atoms with van der Waals surface area (Å²) in [7, 11) is -3.67. The van der Waals surface area contributed by atoms with Gasteiger partial charge < -0.3 is 4.90 Å². The molecular formula is C21H28N2O3S. The predicted molar refractivity (Wildman–Crippen MR) is 108 cm³/mol. The van der Waals surface area contributed by atoms with Gasteiger partial charge in [0.1, 0.15) is 0 Å². The summed E-state index contributed by atoms with van der Waals surface area (Å²) in [6, 6.07) is 15.2. The van der Waals surface area contributed by atoms with Crippen molar-refractivity contribution in [3.63, 3.8) is 0 Å². The predicted octanol–water partition coefficient (Wildman–Crippen LogP) is 3.99. The lowest BCUT2D eigenvalue weighted by Gasteiger charge is -2.21. The summed E-state index contributed by atoms with van der Waals surface area (Å²) >= 11 is 0. The Morgan fingerprint density at radius 3 is 2.04 bits per heavy atom. The molecule has 1 N–H and O–H groups in total. The number of nitrogens with one attached hydrogen (secondary N) is 1. The van der Waals surface area contributed by atoms with E-state index in [0.29, 0.717) is 18.7 Å². The smallest absolute Gasteiger partial charge is 0.253 e. The molecule has 0 aliphatic carbocycles. The van der Waals surface area contributed by atoms with Gasteiger partial charge in [-0.3, -0.25) is 4.79 Å². The highest BCUT2D eigenvalue weighted by Gasteiger charge is 2.20. The van der Waals surface area contributed by atoms with Crippen LogP contribution in [-0.2, 0) is 10.0 Å². The van der Waals surface area contributed by atoms with Crippen LogP contribution in [0.2, 0.25) is 0 Å². The average Bonchev–Trinajstić information content (AvgIpc) is 2.67. The van der Waals surface area contributed by atoms with E-state index in [0.717, 1.165) is 18.4 Å². The van der Waals surface area contributed by atoms with E-state index in [4.69, 9.17) is 0 Å². The number of hydrogen-bond acceptors (Lipinski definition) is 3.